The molecule has 0 unspecified atom stereocenters. The van der Waals surface area contributed by atoms with Crippen LogP contribution in [0.1, 0.15) is 75.6 Å². The van der Waals surface area contributed by atoms with Crippen LogP contribution < -0.4 is 4.74 Å². The lowest BCUT2D eigenvalue weighted by molar-refractivity contribution is -0.241. The second-order valence-electron chi connectivity index (χ2n) is 5.60. The summed E-state index contributed by atoms with van der Waals surface area (Å²) in [5.41, 5.74) is 0.394. The van der Waals surface area contributed by atoms with Crippen LogP contribution in [-0.4, -0.2) is 19.2 Å². The van der Waals surface area contributed by atoms with E-state index in [-0.39, 0.29) is 0 Å². The zero-order chi connectivity index (χ0) is 16.8. The molecule has 1 aromatic carbocycles. The molecule has 0 bridgehead atoms. The smallest absolute Gasteiger partial charge is 0.376 e. The van der Waals surface area contributed by atoms with Gasteiger partial charge in [-0.25, -0.2) is 4.79 Å². The van der Waals surface area contributed by atoms with Crippen LogP contribution in [-0.2, 0) is 9.78 Å². The summed E-state index contributed by atoms with van der Waals surface area (Å²) in [7, 11) is 0. The Morgan fingerprint density at radius 3 is 2.26 bits per heavy atom. The zero-order valence-corrected chi connectivity index (χ0v) is 14.5. The largest absolute Gasteiger partial charge is 0.493 e. The molecule has 0 radical (unpaired) electrons. The van der Waals surface area contributed by atoms with Crippen molar-refractivity contribution in [2.75, 3.05) is 13.2 Å². The minimum atomic E-state index is -0.506. The van der Waals surface area contributed by atoms with Gasteiger partial charge in [-0.1, -0.05) is 64.0 Å². The molecule has 0 fully saturated rings. The maximum Gasteiger partial charge on any atom is 0.376 e. The summed E-state index contributed by atoms with van der Waals surface area (Å²) >= 11 is 0. The predicted octanol–water partition coefficient (Wildman–Crippen LogP) is 5.31. The number of hydrogen-bond donors (Lipinski definition) is 0. The molecule has 4 nitrogen and oxygen atoms in total. The van der Waals surface area contributed by atoms with Crippen molar-refractivity contribution in [3.63, 3.8) is 0 Å². The van der Waals surface area contributed by atoms with E-state index in [9.17, 15) is 4.79 Å². The van der Waals surface area contributed by atoms with Gasteiger partial charge in [0.05, 0.1) is 13.2 Å². The van der Waals surface area contributed by atoms with Crippen molar-refractivity contribution in [2.45, 2.75) is 65.2 Å². The summed E-state index contributed by atoms with van der Waals surface area (Å²) in [5, 5.41) is 0. The first kappa shape index (κ1) is 19.5. The highest BCUT2D eigenvalue weighted by Gasteiger charge is 2.14. The number of carbonyl (C=O) groups is 1. The molecule has 1 aromatic rings. The van der Waals surface area contributed by atoms with Crippen LogP contribution in [0.5, 0.6) is 5.75 Å². The molecule has 0 saturated heterocycles. The lowest BCUT2D eigenvalue weighted by atomic mass is 10.1. The van der Waals surface area contributed by atoms with Gasteiger partial charge in [-0.3, -0.25) is 4.89 Å². The third-order valence-corrected chi connectivity index (χ3v) is 3.62. The van der Waals surface area contributed by atoms with Crippen LogP contribution >= 0.6 is 0 Å². The summed E-state index contributed by atoms with van der Waals surface area (Å²) in [6.07, 6.45) is 9.79. The molecule has 130 valence electrons. The van der Waals surface area contributed by atoms with Crippen LogP contribution in [0.25, 0.3) is 0 Å². The maximum atomic E-state index is 11.9. The molecule has 0 aromatic heterocycles. The number of benzene rings is 1. The van der Waals surface area contributed by atoms with Crippen LogP contribution in [0.4, 0.5) is 0 Å². The topological polar surface area (TPSA) is 44.8 Å². The Hall–Kier alpha value is -1.55. The molecule has 0 heterocycles. The minimum absolute atomic E-state index is 0.394. The zero-order valence-electron chi connectivity index (χ0n) is 14.5. The molecule has 0 aliphatic rings. The average molecular weight is 322 g/mol. The Morgan fingerprint density at radius 1 is 0.913 bits per heavy atom. The van der Waals surface area contributed by atoms with E-state index in [0.717, 1.165) is 12.8 Å². The summed E-state index contributed by atoms with van der Waals surface area (Å²) in [4.78, 5) is 21.8. The van der Waals surface area contributed by atoms with Gasteiger partial charge in [0, 0.05) is 0 Å². The third-order valence-electron chi connectivity index (χ3n) is 3.62. The fraction of sp³-hybridized carbons (Fsp3) is 0.632. The van der Waals surface area contributed by atoms with E-state index in [2.05, 4.69) is 6.92 Å². The molecular formula is C19H30O4. The second-order valence-corrected chi connectivity index (χ2v) is 5.60. The van der Waals surface area contributed by atoms with Crippen LogP contribution in [0, 0.1) is 0 Å². The van der Waals surface area contributed by atoms with Gasteiger partial charge in [-0.05, 0) is 25.5 Å². The second kappa shape index (κ2) is 12.9. The number of ether oxygens (including phenoxy) is 1. The van der Waals surface area contributed by atoms with Gasteiger partial charge in [0.15, 0.2) is 0 Å². The van der Waals surface area contributed by atoms with E-state index in [0.29, 0.717) is 24.5 Å². The van der Waals surface area contributed by atoms with Gasteiger partial charge in [-0.15, -0.1) is 0 Å². The third kappa shape index (κ3) is 8.60. The molecule has 0 spiro atoms. The highest BCUT2D eigenvalue weighted by atomic mass is 17.2. The summed E-state index contributed by atoms with van der Waals surface area (Å²) in [6.45, 7) is 5.05. The Bertz CT molecular complexity index is 431. The highest BCUT2D eigenvalue weighted by molar-refractivity contribution is 5.92. The van der Waals surface area contributed by atoms with E-state index in [1.165, 1.54) is 38.5 Å². The van der Waals surface area contributed by atoms with Crippen molar-refractivity contribution in [2.24, 2.45) is 0 Å². The number of rotatable bonds is 13. The summed E-state index contributed by atoms with van der Waals surface area (Å²) in [6, 6.07) is 7.02. The molecule has 0 saturated carbocycles. The monoisotopic (exact) mass is 322 g/mol. The Balaban J connectivity index is 2.10. The lowest BCUT2D eigenvalue weighted by Gasteiger charge is -2.08. The van der Waals surface area contributed by atoms with E-state index in [1.807, 2.05) is 13.0 Å². The molecule has 4 heteroatoms. The molecule has 0 aliphatic heterocycles. The molecule has 0 atom stereocenters. The van der Waals surface area contributed by atoms with Crippen molar-refractivity contribution in [3.05, 3.63) is 29.8 Å². The van der Waals surface area contributed by atoms with Crippen molar-refractivity contribution in [3.8, 4) is 5.75 Å². The van der Waals surface area contributed by atoms with Crippen LogP contribution in [0.2, 0.25) is 0 Å². The summed E-state index contributed by atoms with van der Waals surface area (Å²) in [5.74, 6) is 0.0179. The average Bonchev–Trinajstić information content (AvgIpc) is 2.57. The Kier molecular flexibility index (Phi) is 11.0. The van der Waals surface area contributed by atoms with Crippen molar-refractivity contribution in [1.29, 1.82) is 0 Å². The van der Waals surface area contributed by atoms with E-state index in [4.69, 9.17) is 14.5 Å². The molecule has 0 amide bonds. The minimum Gasteiger partial charge on any atom is -0.493 e. The quantitative estimate of drug-likeness (QED) is 0.280. The van der Waals surface area contributed by atoms with Crippen molar-refractivity contribution >= 4 is 5.97 Å². The first-order valence-corrected chi connectivity index (χ1v) is 8.85. The highest BCUT2D eigenvalue weighted by Crippen LogP contribution is 2.19. The van der Waals surface area contributed by atoms with E-state index >= 15 is 0 Å². The standard InChI is InChI=1S/C19H30O4/c1-3-5-6-7-8-9-10-13-16-22-23-19(20)17-14-11-12-15-18(17)21-4-2/h11-12,14-15H,3-10,13,16H2,1-2H3. The van der Waals surface area contributed by atoms with Crippen molar-refractivity contribution in [1.82, 2.24) is 0 Å². The lowest BCUT2D eigenvalue weighted by Crippen LogP contribution is -2.09. The Morgan fingerprint density at radius 2 is 1.57 bits per heavy atom. The molecule has 0 aliphatic carbocycles. The van der Waals surface area contributed by atoms with Gasteiger partial charge in [0.2, 0.25) is 0 Å². The number of hydrogen-bond acceptors (Lipinski definition) is 4. The summed E-state index contributed by atoms with van der Waals surface area (Å²) < 4.78 is 5.40. The number of para-hydroxylation sites is 1. The van der Waals surface area contributed by atoms with Gasteiger partial charge in [0.25, 0.3) is 0 Å². The fourth-order valence-electron chi connectivity index (χ4n) is 2.35. The fourth-order valence-corrected chi connectivity index (χ4v) is 2.35. The molecule has 0 N–H and O–H groups in total. The maximum absolute atomic E-state index is 11.9. The molecule has 23 heavy (non-hydrogen) atoms. The van der Waals surface area contributed by atoms with Gasteiger partial charge in [-0.2, -0.15) is 4.89 Å². The molecular weight excluding hydrogens is 292 g/mol. The van der Waals surface area contributed by atoms with E-state index in [1.54, 1.807) is 18.2 Å². The SMILES string of the molecule is CCCCCCCCCCOOC(=O)c1ccccc1OCC. The first-order chi connectivity index (χ1) is 11.3. The van der Waals surface area contributed by atoms with Crippen LogP contribution in [0.15, 0.2) is 24.3 Å². The van der Waals surface area contributed by atoms with Gasteiger partial charge < -0.3 is 4.74 Å². The number of unbranched alkanes of at least 4 members (excludes halogenated alkanes) is 7. The number of carbonyl (C=O) groups excluding carboxylic acids is 1. The van der Waals surface area contributed by atoms with Crippen LogP contribution in [0.3, 0.4) is 0 Å². The Labute approximate surface area is 140 Å². The van der Waals surface area contributed by atoms with Gasteiger partial charge >= 0.3 is 5.97 Å². The van der Waals surface area contributed by atoms with E-state index < -0.39 is 5.97 Å². The predicted molar refractivity (Wildman–Crippen MR) is 91.6 cm³/mol. The van der Waals surface area contributed by atoms with Crippen molar-refractivity contribution < 1.29 is 19.3 Å². The molecule has 1 rings (SSSR count). The van der Waals surface area contributed by atoms with Gasteiger partial charge in [0.1, 0.15) is 11.3 Å². The normalized spacial score (nSPS) is 10.5. The first-order valence-electron chi connectivity index (χ1n) is 8.85.